The summed E-state index contributed by atoms with van der Waals surface area (Å²) in [4.78, 5) is 21.4. The lowest BCUT2D eigenvalue weighted by molar-refractivity contribution is 0.0746. The molecule has 5 heteroatoms. The largest absolute Gasteiger partial charge is 0.353 e. The molecular weight excluding hydrogens is 300 g/mol. The molecule has 24 heavy (non-hydrogen) atoms. The average molecular weight is 320 g/mol. The molecule has 3 heterocycles. The van der Waals surface area contributed by atoms with E-state index in [0.29, 0.717) is 0 Å². The minimum absolute atomic E-state index is 0.110. The third-order valence-electron chi connectivity index (χ3n) is 4.68. The summed E-state index contributed by atoms with van der Waals surface area (Å²) in [5.41, 5.74) is 1.85. The van der Waals surface area contributed by atoms with Gasteiger partial charge in [0.25, 0.3) is 5.91 Å². The Kier molecular flexibility index (Phi) is 3.69. The predicted octanol–water partition coefficient (Wildman–Crippen LogP) is 2.54. The van der Waals surface area contributed by atoms with Crippen LogP contribution in [0.15, 0.2) is 54.9 Å². The molecule has 3 aromatic rings. The lowest BCUT2D eigenvalue weighted by Gasteiger charge is -2.35. The normalized spacial score (nSPS) is 15.0. The first kappa shape index (κ1) is 14.8. The molecule has 0 aliphatic carbocycles. The fraction of sp³-hybridized carbons (Fsp3) is 0.263. The third kappa shape index (κ3) is 2.62. The highest BCUT2D eigenvalue weighted by atomic mass is 16.2. The van der Waals surface area contributed by atoms with Gasteiger partial charge >= 0.3 is 0 Å². The first-order valence-corrected chi connectivity index (χ1v) is 8.23. The SMILES string of the molecule is Cn1ccc2ccc(C(=O)N3CCN(c4ccccn4)CC3)cc21. The van der Waals surface area contributed by atoms with Crippen LogP contribution in [0.25, 0.3) is 10.9 Å². The second kappa shape index (κ2) is 6.00. The summed E-state index contributed by atoms with van der Waals surface area (Å²) < 4.78 is 2.05. The van der Waals surface area contributed by atoms with E-state index >= 15 is 0 Å². The Morgan fingerprint density at radius 2 is 1.88 bits per heavy atom. The van der Waals surface area contributed by atoms with Crippen LogP contribution >= 0.6 is 0 Å². The summed E-state index contributed by atoms with van der Waals surface area (Å²) in [7, 11) is 2.00. The number of hydrogen-bond donors (Lipinski definition) is 0. The Morgan fingerprint density at radius 3 is 2.62 bits per heavy atom. The lowest BCUT2D eigenvalue weighted by Crippen LogP contribution is -2.49. The summed E-state index contributed by atoms with van der Waals surface area (Å²) in [6.07, 6.45) is 3.83. The summed E-state index contributed by atoms with van der Waals surface area (Å²) >= 11 is 0. The van der Waals surface area contributed by atoms with Crippen molar-refractivity contribution in [1.82, 2.24) is 14.5 Å². The summed E-state index contributed by atoms with van der Waals surface area (Å²) in [5, 5.41) is 1.16. The van der Waals surface area contributed by atoms with Crippen molar-refractivity contribution in [3.05, 3.63) is 60.4 Å². The lowest BCUT2D eigenvalue weighted by atomic mass is 10.1. The summed E-state index contributed by atoms with van der Waals surface area (Å²) in [6.45, 7) is 3.07. The third-order valence-corrected chi connectivity index (χ3v) is 4.68. The van der Waals surface area contributed by atoms with Gasteiger partial charge in [-0.25, -0.2) is 4.98 Å². The summed E-state index contributed by atoms with van der Waals surface area (Å²) in [6, 6.07) is 13.9. The number of benzene rings is 1. The Balaban J connectivity index is 1.48. The van der Waals surface area contributed by atoms with Gasteiger partial charge in [0.1, 0.15) is 5.82 Å². The van der Waals surface area contributed by atoms with E-state index in [2.05, 4.69) is 16.0 Å². The maximum absolute atomic E-state index is 12.8. The smallest absolute Gasteiger partial charge is 0.254 e. The van der Waals surface area contributed by atoms with Crippen LogP contribution in [0.2, 0.25) is 0 Å². The van der Waals surface area contributed by atoms with E-state index in [1.807, 2.05) is 65.3 Å². The van der Waals surface area contributed by atoms with Crippen LogP contribution in [-0.2, 0) is 7.05 Å². The maximum Gasteiger partial charge on any atom is 0.254 e. The first-order valence-electron chi connectivity index (χ1n) is 8.23. The van der Waals surface area contributed by atoms with Crippen molar-refractivity contribution in [2.24, 2.45) is 7.05 Å². The Morgan fingerprint density at radius 1 is 1.04 bits per heavy atom. The summed E-state index contributed by atoms with van der Waals surface area (Å²) in [5.74, 6) is 1.09. The van der Waals surface area contributed by atoms with Crippen molar-refractivity contribution in [1.29, 1.82) is 0 Å². The van der Waals surface area contributed by atoms with Gasteiger partial charge in [-0.05, 0) is 35.7 Å². The van der Waals surface area contributed by atoms with Crippen molar-refractivity contribution >= 4 is 22.6 Å². The molecule has 2 aromatic heterocycles. The molecule has 5 nitrogen and oxygen atoms in total. The molecule has 4 rings (SSSR count). The molecule has 1 aliphatic rings. The highest BCUT2D eigenvalue weighted by Crippen LogP contribution is 2.19. The van der Waals surface area contributed by atoms with E-state index in [0.717, 1.165) is 48.5 Å². The van der Waals surface area contributed by atoms with Gasteiger partial charge in [0.15, 0.2) is 0 Å². The quantitative estimate of drug-likeness (QED) is 0.728. The number of rotatable bonds is 2. The van der Waals surface area contributed by atoms with E-state index < -0.39 is 0 Å². The number of pyridine rings is 1. The molecule has 0 spiro atoms. The van der Waals surface area contributed by atoms with E-state index in [1.54, 1.807) is 0 Å². The van der Waals surface area contributed by atoms with Crippen LogP contribution in [0.4, 0.5) is 5.82 Å². The van der Waals surface area contributed by atoms with Crippen LogP contribution in [0.1, 0.15) is 10.4 Å². The van der Waals surface area contributed by atoms with Crippen LogP contribution in [-0.4, -0.2) is 46.5 Å². The number of carbonyl (C=O) groups is 1. The highest BCUT2D eigenvalue weighted by Gasteiger charge is 2.23. The number of anilines is 1. The molecule has 0 atom stereocenters. The molecule has 1 amide bonds. The van der Waals surface area contributed by atoms with Crippen molar-refractivity contribution in [2.45, 2.75) is 0 Å². The van der Waals surface area contributed by atoms with E-state index in [9.17, 15) is 4.79 Å². The zero-order valence-electron chi connectivity index (χ0n) is 13.7. The number of carbonyl (C=O) groups excluding carboxylic acids is 1. The van der Waals surface area contributed by atoms with Gasteiger partial charge in [0.2, 0.25) is 0 Å². The van der Waals surface area contributed by atoms with Gasteiger partial charge in [0.05, 0.1) is 0 Å². The molecule has 0 N–H and O–H groups in total. The van der Waals surface area contributed by atoms with Gasteiger partial charge in [0, 0.05) is 56.7 Å². The molecule has 0 saturated carbocycles. The number of aryl methyl sites for hydroxylation is 1. The van der Waals surface area contributed by atoms with Gasteiger partial charge in [-0.15, -0.1) is 0 Å². The van der Waals surface area contributed by atoms with Crippen molar-refractivity contribution in [3.8, 4) is 0 Å². The number of fused-ring (bicyclic) bond motifs is 1. The molecule has 1 aromatic carbocycles. The minimum atomic E-state index is 0.110. The van der Waals surface area contributed by atoms with Gasteiger partial charge < -0.3 is 14.4 Å². The minimum Gasteiger partial charge on any atom is -0.353 e. The van der Waals surface area contributed by atoms with Crippen molar-refractivity contribution < 1.29 is 4.79 Å². The number of amides is 1. The average Bonchev–Trinajstić information content (AvgIpc) is 3.02. The topological polar surface area (TPSA) is 41.4 Å². The van der Waals surface area contributed by atoms with E-state index in [-0.39, 0.29) is 5.91 Å². The first-order chi connectivity index (χ1) is 11.7. The molecule has 1 saturated heterocycles. The Labute approximate surface area is 141 Å². The van der Waals surface area contributed by atoms with Crippen molar-refractivity contribution in [3.63, 3.8) is 0 Å². The zero-order valence-corrected chi connectivity index (χ0v) is 13.7. The molecule has 0 unspecified atom stereocenters. The Bertz CT molecular complexity index is 863. The number of aromatic nitrogens is 2. The highest BCUT2D eigenvalue weighted by molar-refractivity contribution is 5.98. The van der Waals surface area contributed by atoms with E-state index in [1.165, 1.54) is 0 Å². The van der Waals surface area contributed by atoms with Crippen molar-refractivity contribution in [2.75, 3.05) is 31.1 Å². The van der Waals surface area contributed by atoms with Crippen LogP contribution < -0.4 is 4.90 Å². The standard InChI is InChI=1S/C19H20N4O/c1-21-9-7-15-5-6-16(14-17(15)21)19(24)23-12-10-22(11-13-23)18-4-2-3-8-20-18/h2-9,14H,10-13H2,1H3. The maximum atomic E-state index is 12.8. The fourth-order valence-corrected chi connectivity index (χ4v) is 3.26. The fourth-order valence-electron chi connectivity index (χ4n) is 3.26. The zero-order chi connectivity index (χ0) is 16.5. The molecule has 1 aliphatic heterocycles. The monoisotopic (exact) mass is 320 g/mol. The molecule has 122 valence electrons. The molecule has 0 bridgehead atoms. The number of piperazine rings is 1. The molecular formula is C19H20N4O. The van der Waals surface area contributed by atoms with Crippen LogP contribution in [0.5, 0.6) is 0 Å². The van der Waals surface area contributed by atoms with Crippen LogP contribution in [0, 0.1) is 0 Å². The molecule has 1 fully saturated rings. The second-order valence-electron chi connectivity index (χ2n) is 6.17. The van der Waals surface area contributed by atoms with E-state index in [4.69, 9.17) is 0 Å². The predicted molar refractivity (Wildman–Crippen MR) is 95.3 cm³/mol. The van der Waals surface area contributed by atoms with Gasteiger partial charge in [-0.1, -0.05) is 12.1 Å². The van der Waals surface area contributed by atoms with Gasteiger partial charge in [-0.2, -0.15) is 0 Å². The van der Waals surface area contributed by atoms with Crippen LogP contribution in [0.3, 0.4) is 0 Å². The Hall–Kier alpha value is -2.82. The van der Waals surface area contributed by atoms with Gasteiger partial charge in [-0.3, -0.25) is 4.79 Å². The molecule has 0 radical (unpaired) electrons. The number of hydrogen-bond acceptors (Lipinski definition) is 3. The number of nitrogens with zero attached hydrogens (tertiary/aromatic N) is 4. The second-order valence-corrected chi connectivity index (χ2v) is 6.17.